The highest BCUT2D eigenvalue weighted by Gasteiger charge is 2.10. The molecule has 2 aromatic rings. The molecule has 0 aliphatic rings. The molecule has 0 radical (unpaired) electrons. The van der Waals surface area contributed by atoms with Crippen molar-refractivity contribution >= 4 is 11.9 Å². The van der Waals surface area contributed by atoms with Crippen LogP contribution in [0.2, 0.25) is 0 Å². The average molecular weight is 356 g/mol. The van der Waals surface area contributed by atoms with Gasteiger partial charge in [-0.05, 0) is 55.7 Å². The molecule has 0 aliphatic heterocycles. The van der Waals surface area contributed by atoms with E-state index in [1.807, 2.05) is 6.07 Å². The number of carbonyl (C=O) groups is 2. The maximum atomic E-state index is 12.0. The lowest BCUT2D eigenvalue weighted by Gasteiger charge is -2.07. The normalized spacial score (nSPS) is 10.3. The first kappa shape index (κ1) is 19.7. The Hall–Kier alpha value is -2.66. The van der Waals surface area contributed by atoms with Crippen molar-refractivity contribution in [3.8, 4) is 5.75 Å². The maximum absolute atomic E-state index is 12.0. The first-order valence-electron chi connectivity index (χ1n) is 8.74. The van der Waals surface area contributed by atoms with Crippen LogP contribution in [0.1, 0.15) is 46.4 Å². The van der Waals surface area contributed by atoms with E-state index in [-0.39, 0.29) is 5.97 Å². The quantitative estimate of drug-likeness (QED) is 0.361. The number of carbonyl (C=O) groups excluding carboxylic acids is 2. The number of benzene rings is 2. The first-order valence-corrected chi connectivity index (χ1v) is 8.74. The summed E-state index contributed by atoms with van der Waals surface area (Å²) in [5.74, 6) is -0.425. The number of ether oxygens (including phenoxy) is 3. The Morgan fingerprint density at radius 1 is 0.731 bits per heavy atom. The van der Waals surface area contributed by atoms with E-state index in [1.165, 1.54) is 0 Å². The van der Waals surface area contributed by atoms with Crippen molar-refractivity contribution in [3.63, 3.8) is 0 Å². The van der Waals surface area contributed by atoms with Crippen molar-refractivity contribution in [2.24, 2.45) is 0 Å². The molecular formula is C21H24O5. The van der Waals surface area contributed by atoms with Crippen LogP contribution in [0.3, 0.4) is 0 Å². The van der Waals surface area contributed by atoms with E-state index in [4.69, 9.17) is 14.2 Å². The van der Waals surface area contributed by atoms with Crippen molar-refractivity contribution in [2.75, 3.05) is 20.3 Å². The van der Waals surface area contributed by atoms with Gasteiger partial charge in [-0.1, -0.05) is 24.6 Å². The summed E-state index contributed by atoms with van der Waals surface area (Å²) in [7, 11) is 1.69. The molecular weight excluding hydrogens is 332 g/mol. The third-order valence-electron chi connectivity index (χ3n) is 3.79. The van der Waals surface area contributed by atoms with Crippen LogP contribution in [0.4, 0.5) is 0 Å². The Labute approximate surface area is 153 Å². The molecule has 2 rings (SSSR count). The molecule has 2 aromatic carbocycles. The van der Waals surface area contributed by atoms with Gasteiger partial charge in [0.15, 0.2) is 0 Å². The molecule has 0 amide bonds. The highest BCUT2D eigenvalue weighted by atomic mass is 16.5. The monoisotopic (exact) mass is 356 g/mol. The molecule has 0 aromatic heterocycles. The molecule has 0 N–H and O–H groups in total. The summed E-state index contributed by atoms with van der Waals surface area (Å²) in [6.07, 6.45) is 3.92. The number of unbranched alkanes of at least 4 members (excludes halogenated alkanes) is 3. The molecule has 0 heterocycles. The van der Waals surface area contributed by atoms with Crippen molar-refractivity contribution < 1.29 is 23.8 Å². The summed E-state index contributed by atoms with van der Waals surface area (Å²) < 4.78 is 15.5. The highest BCUT2D eigenvalue weighted by Crippen LogP contribution is 2.15. The minimum absolute atomic E-state index is 0.372. The Balaban J connectivity index is 1.74. The molecule has 0 saturated carbocycles. The van der Waals surface area contributed by atoms with Gasteiger partial charge in [0, 0.05) is 13.7 Å². The predicted octanol–water partition coefficient (Wildman–Crippen LogP) is 4.27. The summed E-state index contributed by atoms with van der Waals surface area (Å²) >= 11 is 0. The third kappa shape index (κ3) is 6.69. The second-order valence-corrected chi connectivity index (χ2v) is 5.82. The summed E-state index contributed by atoms with van der Waals surface area (Å²) in [4.78, 5) is 24.0. The summed E-state index contributed by atoms with van der Waals surface area (Å²) in [5, 5.41) is 0. The van der Waals surface area contributed by atoms with E-state index in [1.54, 1.807) is 55.6 Å². The van der Waals surface area contributed by atoms with Gasteiger partial charge in [0.25, 0.3) is 0 Å². The minimum Gasteiger partial charge on any atom is -0.462 e. The van der Waals surface area contributed by atoms with Crippen LogP contribution < -0.4 is 4.74 Å². The van der Waals surface area contributed by atoms with Gasteiger partial charge in [-0.15, -0.1) is 0 Å². The Morgan fingerprint density at radius 3 is 2.00 bits per heavy atom. The molecule has 0 fully saturated rings. The van der Waals surface area contributed by atoms with E-state index in [2.05, 4.69) is 0 Å². The number of rotatable bonds is 10. The fraction of sp³-hybridized carbons (Fsp3) is 0.333. The van der Waals surface area contributed by atoms with Crippen molar-refractivity contribution in [2.45, 2.75) is 25.7 Å². The molecule has 5 nitrogen and oxygen atoms in total. The van der Waals surface area contributed by atoms with Crippen LogP contribution in [0.5, 0.6) is 5.75 Å². The van der Waals surface area contributed by atoms with Crippen molar-refractivity contribution in [1.29, 1.82) is 0 Å². The van der Waals surface area contributed by atoms with Gasteiger partial charge in [-0.3, -0.25) is 0 Å². The number of esters is 2. The molecule has 0 aliphatic carbocycles. The van der Waals surface area contributed by atoms with E-state index >= 15 is 0 Å². The van der Waals surface area contributed by atoms with Crippen molar-refractivity contribution in [1.82, 2.24) is 0 Å². The summed E-state index contributed by atoms with van der Waals surface area (Å²) in [5.41, 5.74) is 0.908. The Bertz CT molecular complexity index is 679. The predicted molar refractivity (Wildman–Crippen MR) is 98.5 cm³/mol. The van der Waals surface area contributed by atoms with E-state index < -0.39 is 5.97 Å². The molecule has 26 heavy (non-hydrogen) atoms. The van der Waals surface area contributed by atoms with Gasteiger partial charge < -0.3 is 14.2 Å². The standard InChI is InChI=1S/C21H24O5/c1-24-15-7-2-3-8-16-25-20(22)18-11-13-19(14-12-18)26-21(23)17-9-5-4-6-10-17/h4-6,9-14H,2-3,7-8,15-16H2,1H3. The van der Waals surface area contributed by atoms with Crippen LogP contribution in [0.25, 0.3) is 0 Å². The topological polar surface area (TPSA) is 61.8 Å². The third-order valence-corrected chi connectivity index (χ3v) is 3.79. The minimum atomic E-state index is -0.436. The van der Waals surface area contributed by atoms with E-state index in [9.17, 15) is 9.59 Å². The Kier molecular flexibility index (Phi) is 8.36. The molecule has 0 atom stereocenters. The smallest absolute Gasteiger partial charge is 0.343 e. The lowest BCUT2D eigenvalue weighted by Crippen LogP contribution is -2.09. The van der Waals surface area contributed by atoms with Gasteiger partial charge in [0.1, 0.15) is 5.75 Å². The van der Waals surface area contributed by atoms with Gasteiger partial charge in [0.05, 0.1) is 17.7 Å². The van der Waals surface area contributed by atoms with Gasteiger partial charge in [0.2, 0.25) is 0 Å². The lowest BCUT2D eigenvalue weighted by molar-refractivity contribution is 0.0497. The van der Waals surface area contributed by atoms with Crippen LogP contribution in [0, 0.1) is 0 Å². The lowest BCUT2D eigenvalue weighted by atomic mass is 10.2. The van der Waals surface area contributed by atoms with Crippen LogP contribution >= 0.6 is 0 Å². The van der Waals surface area contributed by atoms with Gasteiger partial charge in [-0.25, -0.2) is 9.59 Å². The summed E-state index contributed by atoms with van der Waals surface area (Å²) in [6.45, 7) is 1.16. The zero-order chi connectivity index (χ0) is 18.6. The van der Waals surface area contributed by atoms with E-state index in [0.29, 0.717) is 23.5 Å². The second kappa shape index (κ2) is 11.1. The average Bonchev–Trinajstić information content (AvgIpc) is 2.68. The zero-order valence-corrected chi connectivity index (χ0v) is 15.0. The molecule has 5 heteroatoms. The van der Waals surface area contributed by atoms with E-state index in [0.717, 1.165) is 32.3 Å². The zero-order valence-electron chi connectivity index (χ0n) is 15.0. The summed E-state index contributed by atoms with van der Waals surface area (Å²) in [6, 6.07) is 15.1. The van der Waals surface area contributed by atoms with Crippen LogP contribution in [0.15, 0.2) is 54.6 Å². The van der Waals surface area contributed by atoms with Gasteiger partial charge >= 0.3 is 11.9 Å². The molecule has 0 spiro atoms. The van der Waals surface area contributed by atoms with Gasteiger partial charge in [-0.2, -0.15) is 0 Å². The fourth-order valence-electron chi connectivity index (χ4n) is 2.35. The molecule has 0 saturated heterocycles. The highest BCUT2D eigenvalue weighted by molar-refractivity contribution is 5.91. The van der Waals surface area contributed by atoms with Crippen LogP contribution in [-0.2, 0) is 9.47 Å². The second-order valence-electron chi connectivity index (χ2n) is 5.82. The first-order chi connectivity index (χ1) is 12.7. The molecule has 0 unspecified atom stereocenters. The van der Waals surface area contributed by atoms with Crippen LogP contribution in [-0.4, -0.2) is 32.3 Å². The number of methoxy groups -OCH3 is 1. The van der Waals surface area contributed by atoms with Crippen molar-refractivity contribution in [3.05, 3.63) is 65.7 Å². The fourth-order valence-corrected chi connectivity index (χ4v) is 2.35. The SMILES string of the molecule is COCCCCCCOC(=O)c1ccc(OC(=O)c2ccccc2)cc1. The Morgan fingerprint density at radius 2 is 1.35 bits per heavy atom. The maximum Gasteiger partial charge on any atom is 0.343 e. The largest absolute Gasteiger partial charge is 0.462 e. The number of hydrogen-bond acceptors (Lipinski definition) is 5. The molecule has 138 valence electrons. The number of hydrogen-bond donors (Lipinski definition) is 0. The molecule has 0 bridgehead atoms.